The van der Waals surface area contributed by atoms with Crippen LogP contribution < -0.4 is 15.5 Å². The summed E-state index contributed by atoms with van der Waals surface area (Å²) in [7, 11) is 1.49. The molecule has 1 aliphatic rings. The molecule has 1 aliphatic heterocycles. The van der Waals surface area contributed by atoms with Crippen molar-refractivity contribution in [1.29, 1.82) is 0 Å². The Balaban J connectivity index is 1.56. The normalized spacial score (nSPS) is 17.2. The zero-order valence-corrected chi connectivity index (χ0v) is 20.9. The monoisotopic (exact) mass is 497 g/mol. The fourth-order valence-electron chi connectivity index (χ4n) is 4.62. The van der Waals surface area contributed by atoms with Crippen molar-refractivity contribution in [3.8, 4) is 5.69 Å². The highest BCUT2D eigenvalue weighted by Crippen LogP contribution is 2.42. The summed E-state index contributed by atoms with van der Waals surface area (Å²) in [5, 5.41) is 6.96. The van der Waals surface area contributed by atoms with E-state index in [1.54, 1.807) is 6.20 Å². The summed E-state index contributed by atoms with van der Waals surface area (Å²) in [5.74, 6) is -0.201. The van der Waals surface area contributed by atoms with E-state index in [1.165, 1.54) is 12.7 Å². The minimum atomic E-state index is -0.201. The molecule has 2 aromatic heterocycles. The van der Waals surface area contributed by atoms with E-state index in [2.05, 4.69) is 74.6 Å². The lowest BCUT2D eigenvalue weighted by atomic mass is 10.0. The number of ether oxygens (including phenoxy) is 1. The van der Waals surface area contributed by atoms with Crippen LogP contribution in [0.2, 0.25) is 0 Å². The Morgan fingerprint density at radius 2 is 1.89 bits per heavy atom. The van der Waals surface area contributed by atoms with Crippen molar-refractivity contribution in [2.24, 2.45) is 0 Å². The minimum absolute atomic E-state index is 0.00562. The van der Waals surface area contributed by atoms with Crippen molar-refractivity contribution in [2.45, 2.75) is 19.0 Å². The molecule has 1 amide bonds. The maximum absolute atomic E-state index is 11.9. The second-order valence-corrected chi connectivity index (χ2v) is 9.05. The number of carbonyl (C=O) groups excluding carboxylic acids is 1. The second kappa shape index (κ2) is 10.3. The fraction of sp³-hybridized carbons (Fsp3) is 0.179. The molecule has 1 saturated heterocycles. The lowest BCUT2D eigenvalue weighted by Crippen LogP contribution is -2.30. The molecule has 2 atom stereocenters. The van der Waals surface area contributed by atoms with Crippen LogP contribution in [0.4, 0.5) is 11.4 Å². The average Bonchev–Trinajstić information content (AvgIpc) is 3.49. The maximum Gasteiger partial charge on any atom is 0.250 e. The van der Waals surface area contributed by atoms with E-state index in [1.807, 2.05) is 42.5 Å². The maximum atomic E-state index is 11.9. The van der Waals surface area contributed by atoms with Gasteiger partial charge >= 0.3 is 0 Å². The van der Waals surface area contributed by atoms with Crippen LogP contribution in [0.3, 0.4) is 0 Å². The van der Waals surface area contributed by atoms with Crippen LogP contribution >= 0.6 is 12.2 Å². The number of nitrogens with zero attached hydrogens (tertiary/aromatic N) is 3. The van der Waals surface area contributed by atoms with E-state index in [0.717, 1.165) is 22.8 Å². The van der Waals surface area contributed by atoms with Crippen molar-refractivity contribution in [2.75, 3.05) is 23.9 Å². The Morgan fingerprint density at radius 3 is 2.61 bits per heavy atom. The first-order chi connectivity index (χ1) is 17.5. The van der Waals surface area contributed by atoms with Gasteiger partial charge in [-0.05, 0) is 85.4 Å². The third-order valence-electron chi connectivity index (χ3n) is 6.17. The molecule has 0 bridgehead atoms. The van der Waals surface area contributed by atoms with E-state index in [4.69, 9.17) is 17.0 Å². The van der Waals surface area contributed by atoms with Crippen LogP contribution in [0.5, 0.6) is 0 Å². The molecule has 2 N–H and O–H groups in total. The van der Waals surface area contributed by atoms with Gasteiger partial charge in [0.05, 0.1) is 11.7 Å². The van der Waals surface area contributed by atoms with Crippen molar-refractivity contribution in [3.05, 3.63) is 108 Å². The van der Waals surface area contributed by atoms with Gasteiger partial charge in [0, 0.05) is 42.3 Å². The molecule has 0 aliphatic carbocycles. The van der Waals surface area contributed by atoms with Crippen molar-refractivity contribution in [1.82, 2.24) is 14.9 Å². The smallest absolute Gasteiger partial charge is 0.250 e. The standard InChI is InChI=1S/C28H27N5O2S/c1-19-7-5-8-22(17-19)32-16-6-10-24(32)27-26(23-9-3-4-15-29-23)31-28(36)33(27)21-13-11-20(12-14-21)30-25(34)18-35-2/h3-17,26-27H,18H2,1-2H3,(H,30,34)(H,31,36)/t26-,27-/m1/s1. The molecule has 36 heavy (non-hydrogen) atoms. The molecule has 2 aromatic carbocycles. The number of pyridine rings is 1. The highest BCUT2D eigenvalue weighted by molar-refractivity contribution is 7.80. The predicted octanol–water partition coefficient (Wildman–Crippen LogP) is 4.94. The number of benzene rings is 2. The summed E-state index contributed by atoms with van der Waals surface area (Å²) >= 11 is 5.86. The highest BCUT2D eigenvalue weighted by atomic mass is 32.1. The van der Waals surface area contributed by atoms with Crippen LogP contribution in [-0.4, -0.2) is 34.3 Å². The van der Waals surface area contributed by atoms with Gasteiger partial charge in [0.1, 0.15) is 12.6 Å². The second-order valence-electron chi connectivity index (χ2n) is 8.67. The zero-order valence-electron chi connectivity index (χ0n) is 20.1. The number of amides is 1. The molecule has 0 radical (unpaired) electrons. The number of rotatable bonds is 7. The number of aromatic nitrogens is 2. The Morgan fingerprint density at radius 1 is 1.06 bits per heavy atom. The first-order valence-corrected chi connectivity index (χ1v) is 12.1. The Hall–Kier alpha value is -4.01. The summed E-state index contributed by atoms with van der Waals surface area (Å²) in [6.07, 6.45) is 3.88. The molecule has 7 nitrogen and oxygen atoms in total. The summed E-state index contributed by atoms with van der Waals surface area (Å²) < 4.78 is 7.11. The van der Waals surface area contributed by atoms with E-state index >= 15 is 0 Å². The van der Waals surface area contributed by atoms with Crippen molar-refractivity contribution >= 4 is 34.6 Å². The Labute approximate surface area is 215 Å². The Bertz CT molecular complexity index is 1370. The van der Waals surface area contributed by atoms with Gasteiger partial charge < -0.3 is 24.8 Å². The quantitative estimate of drug-likeness (QED) is 0.353. The van der Waals surface area contributed by atoms with Crippen molar-refractivity contribution < 1.29 is 9.53 Å². The predicted molar refractivity (Wildman–Crippen MR) is 145 cm³/mol. The number of aryl methyl sites for hydroxylation is 1. The van der Waals surface area contributed by atoms with Crippen molar-refractivity contribution in [3.63, 3.8) is 0 Å². The number of hydrogen-bond acceptors (Lipinski definition) is 4. The summed E-state index contributed by atoms with van der Waals surface area (Å²) in [4.78, 5) is 18.7. The number of thiocarbonyl (C=S) groups is 1. The zero-order chi connectivity index (χ0) is 25.1. The highest BCUT2D eigenvalue weighted by Gasteiger charge is 2.42. The lowest BCUT2D eigenvalue weighted by Gasteiger charge is -2.29. The number of methoxy groups -OCH3 is 1. The molecule has 0 unspecified atom stereocenters. The molecule has 3 heterocycles. The number of hydrogen-bond donors (Lipinski definition) is 2. The van der Waals surface area contributed by atoms with Gasteiger partial charge in [0.2, 0.25) is 5.91 Å². The minimum Gasteiger partial charge on any atom is -0.375 e. The molecule has 1 fully saturated rings. The number of carbonyl (C=O) groups is 1. The van der Waals surface area contributed by atoms with Gasteiger partial charge in [-0.15, -0.1) is 0 Å². The molecular weight excluding hydrogens is 470 g/mol. The van der Waals surface area contributed by atoms with Gasteiger partial charge in [-0.2, -0.15) is 0 Å². The SMILES string of the molecule is COCC(=O)Nc1ccc(N2C(=S)N[C@H](c3ccccn3)[C@H]2c2cccn2-c2cccc(C)c2)cc1. The van der Waals surface area contributed by atoms with Gasteiger partial charge in [-0.25, -0.2) is 0 Å². The lowest BCUT2D eigenvalue weighted by molar-refractivity contribution is -0.119. The molecule has 8 heteroatoms. The molecule has 4 aromatic rings. The van der Waals surface area contributed by atoms with E-state index in [9.17, 15) is 4.79 Å². The van der Waals surface area contributed by atoms with Crippen LogP contribution in [-0.2, 0) is 9.53 Å². The van der Waals surface area contributed by atoms with Gasteiger partial charge in [-0.3, -0.25) is 9.78 Å². The summed E-state index contributed by atoms with van der Waals surface area (Å²) in [6, 6.07) is 25.9. The first kappa shape index (κ1) is 23.7. The third kappa shape index (κ3) is 4.73. The molecule has 0 spiro atoms. The number of nitrogens with one attached hydrogen (secondary N) is 2. The van der Waals surface area contributed by atoms with Gasteiger partial charge in [0.25, 0.3) is 0 Å². The largest absolute Gasteiger partial charge is 0.375 e. The molecular formula is C28H27N5O2S. The van der Waals surface area contributed by atoms with E-state index < -0.39 is 0 Å². The number of anilines is 2. The van der Waals surface area contributed by atoms with Crippen LogP contribution in [0.1, 0.15) is 29.0 Å². The summed E-state index contributed by atoms with van der Waals surface area (Å²) in [5.41, 5.74) is 5.88. The Kier molecular flexibility index (Phi) is 6.79. The van der Waals surface area contributed by atoms with E-state index in [-0.39, 0.29) is 24.6 Å². The molecule has 0 saturated carbocycles. The van der Waals surface area contributed by atoms with Crippen LogP contribution in [0.15, 0.2) is 91.3 Å². The van der Waals surface area contributed by atoms with E-state index in [0.29, 0.717) is 10.8 Å². The fourth-order valence-corrected chi connectivity index (χ4v) is 4.96. The summed E-state index contributed by atoms with van der Waals surface area (Å²) in [6.45, 7) is 2.10. The van der Waals surface area contributed by atoms with Gasteiger partial charge in [-0.1, -0.05) is 18.2 Å². The van der Waals surface area contributed by atoms with Crippen LogP contribution in [0.25, 0.3) is 5.69 Å². The third-order valence-corrected chi connectivity index (χ3v) is 6.48. The van der Waals surface area contributed by atoms with Gasteiger partial charge in [0.15, 0.2) is 5.11 Å². The first-order valence-electron chi connectivity index (χ1n) is 11.7. The van der Waals surface area contributed by atoms with Crippen LogP contribution in [0, 0.1) is 6.92 Å². The topological polar surface area (TPSA) is 71.4 Å². The average molecular weight is 498 g/mol. The molecule has 182 valence electrons. The molecule has 5 rings (SSSR count).